The van der Waals surface area contributed by atoms with E-state index in [0.29, 0.717) is 30.7 Å². The largest absolute Gasteiger partial charge is 0.496 e. The molecule has 0 unspecified atom stereocenters. The first kappa shape index (κ1) is 17.5. The van der Waals surface area contributed by atoms with Crippen molar-refractivity contribution in [2.24, 2.45) is 0 Å². The third-order valence-corrected chi connectivity index (χ3v) is 4.38. The number of halogens is 1. The average molecular weight is 384 g/mol. The fraction of sp³-hybridized carbons (Fsp3) is 0.438. The van der Waals surface area contributed by atoms with Gasteiger partial charge in [0.2, 0.25) is 5.91 Å². The smallest absolute Gasteiger partial charge is 0.326 e. The lowest BCUT2D eigenvalue weighted by atomic mass is 10.0. The van der Waals surface area contributed by atoms with Crippen LogP contribution in [0, 0.1) is 0 Å². The molecule has 1 heterocycles. The minimum absolute atomic E-state index is 0.00171. The predicted molar refractivity (Wildman–Crippen MR) is 86.6 cm³/mol. The van der Waals surface area contributed by atoms with E-state index in [1.54, 1.807) is 18.2 Å². The third-order valence-electron chi connectivity index (χ3n) is 3.89. The maximum absolute atomic E-state index is 12.3. The summed E-state index contributed by atoms with van der Waals surface area (Å²) in [4.78, 5) is 37.0. The number of ether oxygens (including phenoxy) is 1. The van der Waals surface area contributed by atoms with Crippen LogP contribution in [0.3, 0.4) is 0 Å². The van der Waals surface area contributed by atoms with Gasteiger partial charge in [0.05, 0.1) is 12.7 Å². The topological polar surface area (TPSA) is 83.9 Å². The number of carboxylic acid groups (broad SMARTS) is 1. The SMILES string of the molecule is COc1ccc(Br)cc1C(=O)CCC(=O)N1CCC[C@H]1C(=O)O. The average Bonchev–Trinajstić information content (AvgIpc) is 3.02. The zero-order valence-electron chi connectivity index (χ0n) is 12.8. The van der Waals surface area contributed by atoms with Gasteiger partial charge < -0.3 is 14.7 Å². The van der Waals surface area contributed by atoms with Gasteiger partial charge >= 0.3 is 5.97 Å². The van der Waals surface area contributed by atoms with E-state index in [0.717, 1.165) is 4.47 Å². The van der Waals surface area contributed by atoms with Gasteiger partial charge in [-0.3, -0.25) is 9.59 Å². The number of rotatable bonds is 6. The Morgan fingerprint density at radius 2 is 2.09 bits per heavy atom. The standard InChI is InChI=1S/C16H18BrNO5/c1-23-14-6-4-10(17)9-11(14)13(19)5-7-15(20)18-8-2-3-12(18)16(21)22/h4,6,9,12H,2-3,5,7-8H2,1H3,(H,21,22)/t12-/m0/s1. The molecule has 1 atom stereocenters. The lowest BCUT2D eigenvalue weighted by Gasteiger charge is -2.21. The molecule has 2 rings (SSSR count). The number of Topliss-reactive ketones (excluding diaryl/α,β-unsaturated/α-hetero) is 1. The summed E-state index contributed by atoms with van der Waals surface area (Å²) >= 11 is 3.30. The molecule has 1 aromatic carbocycles. The molecule has 0 aromatic heterocycles. The van der Waals surface area contributed by atoms with Crippen molar-refractivity contribution in [1.29, 1.82) is 0 Å². The van der Waals surface area contributed by atoms with Gasteiger partial charge in [0.1, 0.15) is 11.8 Å². The number of carbonyl (C=O) groups is 3. The van der Waals surface area contributed by atoms with E-state index in [4.69, 9.17) is 9.84 Å². The molecule has 1 aromatic rings. The zero-order valence-corrected chi connectivity index (χ0v) is 14.3. The van der Waals surface area contributed by atoms with Crippen molar-refractivity contribution in [1.82, 2.24) is 4.90 Å². The minimum atomic E-state index is -0.990. The molecule has 23 heavy (non-hydrogen) atoms. The van der Waals surface area contributed by atoms with Gasteiger partial charge in [-0.1, -0.05) is 15.9 Å². The van der Waals surface area contributed by atoms with E-state index in [1.165, 1.54) is 12.0 Å². The number of amides is 1. The number of carboxylic acids is 1. The number of benzene rings is 1. The van der Waals surface area contributed by atoms with Gasteiger partial charge in [0.25, 0.3) is 0 Å². The van der Waals surface area contributed by atoms with Crippen molar-refractivity contribution in [2.75, 3.05) is 13.7 Å². The Hall–Kier alpha value is -1.89. The highest BCUT2D eigenvalue weighted by molar-refractivity contribution is 9.10. The third kappa shape index (κ3) is 4.10. The molecule has 1 fully saturated rings. The molecule has 1 aliphatic heterocycles. The number of carbonyl (C=O) groups excluding carboxylic acids is 2. The summed E-state index contributed by atoms with van der Waals surface area (Å²) in [5.41, 5.74) is 0.408. The second kappa shape index (κ2) is 7.59. The molecule has 7 heteroatoms. The van der Waals surface area contributed by atoms with Crippen molar-refractivity contribution in [3.8, 4) is 5.75 Å². The first-order valence-corrected chi connectivity index (χ1v) is 8.12. The van der Waals surface area contributed by atoms with Crippen LogP contribution in [0.2, 0.25) is 0 Å². The van der Waals surface area contributed by atoms with Gasteiger partial charge in [-0.2, -0.15) is 0 Å². The summed E-state index contributed by atoms with van der Waals surface area (Å²) in [6.07, 6.45) is 1.16. The van der Waals surface area contributed by atoms with Crippen LogP contribution >= 0.6 is 15.9 Å². The molecule has 1 aliphatic rings. The van der Waals surface area contributed by atoms with E-state index in [-0.39, 0.29) is 24.5 Å². The van der Waals surface area contributed by atoms with Crippen LogP contribution in [-0.2, 0) is 9.59 Å². The van der Waals surface area contributed by atoms with Crippen LogP contribution in [0.15, 0.2) is 22.7 Å². The molecule has 1 N–H and O–H groups in total. The molecule has 0 saturated carbocycles. The zero-order chi connectivity index (χ0) is 17.0. The number of hydrogen-bond acceptors (Lipinski definition) is 4. The molecule has 0 aliphatic carbocycles. The van der Waals surface area contributed by atoms with E-state index >= 15 is 0 Å². The van der Waals surface area contributed by atoms with Gasteiger partial charge in [-0.25, -0.2) is 4.79 Å². The Labute approximate surface area is 142 Å². The maximum atomic E-state index is 12.3. The highest BCUT2D eigenvalue weighted by Crippen LogP contribution is 2.25. The Kier molecular flexibility index (Phi) is 5.76. The molecule has 6 nitrogen and oxygen atoms in total. The van der Waals surface area contributed by atoms with Crippen LogP contribution in [0.4, 0.5) is 0 Å². The Balaban J connectivity index is 2.00. The lowest BCUT2D eigenvalue weighted by molar-refractivity contribution is -0.148. The maximum Gasteiger partial charge on any atom is 0.326 e. The number of nitrogens with zero attached hydrogens (tertiary/aromatic N) is 1. The van der Waals surface area contributed by atoms with Gasteiger partial charge in [-0.05, 0) is 31.0 Å². The van der Waals surface area contributed by atoms with Crippen LogP contribution in [0.5, 0.6) is 5.75 Å². The highest BCUT2D eigenvalue weighted by atomic mass is 79.9. The number of hydrogen-bond donors (Lipinski definition) is 1. The number of likely N-dealkylation sites (tertiary alicyclic amines) is 1. The second-order valence-corrected chi connectivity index (χ2v) is 6.27. The lowest BCUT2D eigenvalue weighted by Crippen LogP contribution is -2.40. The van der Waals surface area contributed by atoms with Crippen LogP contribution < -0.4 is 4.74 Å². The first-order chi connectivity index (χ1) is 10.9. The number of methoxy groups -OCH3 is 1. The molecule has 0 bridgehead atoms. The molecular weight excluding hydrogens is 366 g/mol. The van der Waals surface area contributed by atoms with Crippen molar-refractivity contribution in [2.45, 2.75) is 31.7 Å². The summed E-state index contributed by atoms with van der Waals surface area (Å²) in [5, 5.41) is 9.10. The van der Waals surface area contributed by atoms with Crippen molar-refractivity contribution in [3.63, 3.8) is 0 Å². The quantitative estimate of drug-likeness (QED) is 0.762. The predicted octanol–water partition coefficient (Wildman–Crippen LogP) is 2.50. The molecule has 0 spiro atoms. The number of ketones is 1. The summed E-state index contributed by atoms with van der Waals surface area (Å²) in [5.74, 6) is -1.04. The van der Waals surface area contributed by atoms with Crippen molar-refractivity contribution < 1.29 is 24.2 Å². The minimum Gasteiger partial charge on any atom is -0.496 e. The fourth-order valence-corrected chi connectivity index (χ4v) is 3.08. The first-order valence-electron chi connectivity index (χ1n) is 7.33. The monoisotopic (exact) mass is 383 g/mol. The van der Waals surface area contributed by atoms with E-state index in [9.17, 15) is 14.4 Å². The fourth-order valence-electron chi connectivity index (χ4n) is 2.72. The normalized spacial score (nSPS) is 17.1. The van der Waals surface area contributed by atoms with E-state index in [1.807, 2.05) is 0 Å². The number of aliphatic carboxylic acids is 1. The molecule has 1 amide bonds. The van der Waals surface area contributed by atoms with Crippen LogP contribution in [-0.4, -0.2) is 47.4 Å². The summed E-state index contributed by atoms with van der Waals surface area (Å²) in [6.45, 7) is 0.435. The van der Waals surface area contributed by atoms with Gasteiger partial charge in [0, 0.05) is 23.9 Å². The van der Waals surface area contributed by atoms with Crippen molar-refractivity contribution in [3.05, 3.63) is 28.2 Å². The summed E-state index contributed by atoms with van der Waals surface area (Å²) in [7, 11) is 1.48. The van der Waals surface area contributed by atoms with E-state index in [2.05, 4.69) is 15.9 Å². The van der Waals surface area contributed by atoms with Crippen LogP contribution in [0.25, 0.3) is 0 Å². The second-order valence-electron chi connectivity index (χ2n) is 5.35. The van der Waals surface area contributed by atoms with Gasteiger partial charge in [0.15, 0.2) is 5.78 Å². The molecule has 124 valence electrons. The van der Waals surface area contributed by atoms with Crippen molar-refractivity contribution >= 4 is 33.6 Å². The summed E-state index contributed by atoms with van der Waals surface area (Å²) < 4.78 is 5.91. The molecule has 1 saturated heterocycles. The van der Waals surface area contributed by atoms with Gasteiger partial charge in [-0.15, -0.1) is 0 Å². The Morgan fingerprint density at radius 1 is 1.35 bits per heavy atom. The molecule has 0 radical (unpaired) electrons. The van der Waals surface area contributed by atoms with Crippen LogP contribution in [0.1, 0.15) is 36.0 Å². The highest BCUT2D eigenvalue weighted by Gasteiger charge is 2.33. The Bertz CT molecular complexity index is 631. The molecular formula is C16H18BrNO5. The Morgan fingerprint density at radius 3 is 2.74 bits per heavy atom. The summed E-state index contributed by atoms with van der Waals surface area (Å²) in [6, 6.07) is 4.34. The van der Waals surface area contributed by atoms with E-state index < -0.39 is 12.0 Å².